The second-order valence-electron chi connectivity index (χ2n) is 8.55. The van der Waals surface area contributed by atoms with Crippen LogP contribution in [0.15, 0.2) is 41.2 Å². The molecule has 0 saturated carbocycles. The number of benzene rings is 1. The largest absolute Gasteiger partial charge is 0.342 e. The van der Waals surface area contributed by atoms with Crippen LogP contribution in [0.1, 0.15) is 39.2 Å². The zero-order chi connectivity index (χ0) is 19.6. The van der Waals surface area contributed by atoms with E-state index in [2.05, 4.69) is 5.10 Å². The highest BCUT2D eigenvalue weighted by Gasteiger charge is 2.30. The number of carbonyl (C=O) groups is 1. The normalized spacial score (nSPS) is 15.8. The van der Waals surface area contributed by atoms with E-state index >= 15 is 0 Å². The van der Waals surface area contributed by atoms with E-state index in [1.165, 1.54) is 0 Å². The molecule has 0 aliphatic carbocycles. The Hall–Kier alpha value is -2.43. The molecular formula is C22H29N3O2. The van der Waals surface area contributed by atoms with E-state index in [-0.39, 0.29) is 16.9 Å². The molecule has 0 spiro atoms. The minimum absolute atomic E-state index is 0.0552. The van der Waals surface area contributed by atoms with Gasteiger partial charge in [0.25, 0.3) is 5.56 Å². The molecule has 1 aromatic heterocycles. The Balaban J connectivity index is 1.72. The molecule has 2 aromatic rings. The summed E-state index contributed by atoms with van der Waals surface area (Å²) in [7, 11) is 0. The number of hydrogen-bond acceptors (Lipinski definition) is 3. The van der Waals surface area contributed by atoms with Gasteiger partial charge in [-0.3, -0.25) is 9.59 Å². The standard InChI is InChI=1S/C22H29N3O2/c1-16-14-19(26)25(23-20(16)18-8-6-5-7-9-18)15-17-10-12-24(13-11-17)21(27)22(2,3)4/h5-9,14,17H,10-13,15H2,1-4H3. The van der Waals surface area contributed by atoms with E-state index in [1.807, 2.05) is 62.9 Å². The van der Waals surface area contributed by atoms with Gasteiger partial charge in [-0.15, -0.1) is 0 Å². The third-order valence-corrected chi connectivity index (χ3v) is 5.21. The van der Waals surface area contributed by atoms with Crippen molar-refractivity contribution in [3.63, 3.8) is 0 Å². The van der Waals surface area contributed by atoms with E-state index in [9.17, 15) is 9.59 Å². The maximum Gasteiger partial charge on any atom is 0.267 e. The topological polar surface area (TPSA) is 55.2 Å². The average molecular weight is 367 g/mol. The molecule has 0 atom stereocenters. The van der Waals surface area contributed by atoms with Gasteiger partial charge in [0.05, 0.1) is 5.69 Å². The number of piperidine rings is 1. The van der Waals surface area contributed by atoms with Crippen LogP contribution in [-0.4, -0.2) is 33.7 Å². The molecule has 1 aromatic carbocycles. The first-order chi connectivity index (χ1) is 12.8. The Morgan fingerprint density at radius 3 is 2.37 bits per heavy atom. The SMILES string of the molecule is Cc1cc(=O)n(CC2CCN(C(=O)C(C)(C)C)CC2)nc1-c1ccccc1. The lowest BCUT2D eigenvalue weighted by Gasteiger charge is -2.35. The van der Waals surface area contributed by atoms with Gasteiger partial charge in [0, 0.05) is 36.7 Å². The Labute approximate surface area is 161 Å². The molecule has 1 saturated heterocycles. The summed E-state index contributed by atoms with van der Waals surface area (Å²) in [6.07, 6.45) is 1.81. The molecule has 1 fully saturated rings. The zero-order valence-corrected chi connectivity index (χ0v) is 16.7. The summed E-state index contributed by atoms with van der Waals surface area (Å²) in [6, 6.07) is 11.6. The van der Waals surface area contributed by atoms with Crippen molar-refractivity contribution in [2.75, 3.05) is 13.1 Å². The summed E-state index contributed by atoms with van der Waals surface area (Å²) in [5.74, 6) is 0.573. The number of rotatable bonds is 3. The molecule has 5 nitrogen and oxygen atoms in total. The molecule has 1 aliphatic heterocycles. The molecule has 0 unspecified atom stereocenters. The van der Waals surface area contributed by atoms with Crippen molar-refractivity contribution < 1.29 is 4.79 Å². The predicted octanol–water partition coefficient (Wildman–Crippen LogP) is 3.50. The highest BCUT2D eigenvalue weighted by Crippen LogP contribution is 2.25. The minimum Gasteiger partial charge on any atom is -0.342 e. The number of carbonyl (C=O) groups excluding carboxylic acids is 1. The summed E-state index contributed by atoms with van der Waals surface area (Å²) in [5.41, 5.74) is 2.38. The van der Waals surface area contributed by atoms with Crippen LogP contribution in [0.25, 0.3) is 11.3 Å². The lowest BCUT2D eigenvalue weighted by atomic mass is 9.91. The van der Waals surface area contributed by atoms with Crippen molar-refractivity contribution >= 4 is 5.91 Å². The van der Waals surface area contributed by atoms with Gasteiger partial charge in [-0.1, -0.05) is 51.1 Å². The molecule has 0 bridgehead atoms. The lowest BCUT2D eigenvalue weighted by Crippen LogP contribution is -2.45. The fourth-order valence-corrected chi connectivity index (χ4v) is 3.63. The van der Waals surface area contributed by atoms with E-state index in [0.717, 1.165) is 42.8 Å². The lowest BCUT2D eigenvalue weighted by molar-refractivity contribution is -0.140. The quantitative estimate of drug-likeness (QED) is 0.834. The third kappa shape index (κ3) is 4.46. The van der Waals surface area contributed by atoms with E-state index < -0.39 is 0 Å². The molecule has 0 N–H and O–H groups in total. The molecule has 1 amide bonds. The van der Waals surface area contributed by atoms with Crippen LogP contribution in [0.3, 0.4) is 0 Å². The van der Waals surface area contributed by atoms with Crippen LogP contribution in [-0.2, 0) is 11.3 Å². The number of aryl methyl sites for hydroxylation is 1. The van der Waals surface area contributed by atoms with Crippen LogP contribution in [0.2, 0.25) is 0 Å². The third-order valence-electron chi connectivity index (χ3n) is 5.21. The van der Waals surface area contributed by atoms with Gasteiger partial charge >= 0.3 is 0 Å². The maximum atomic E-state index is 12.4. The monoisotopic (exact) mass is 367 g/mol. The number of amides is 1. The highest BCUT2D eigenvalue weighted by atomic mass is 16.2. The smallest absolute Gasteiger partial charge is 0.267 e. The van der Waals surface area contributed by atoms with Gasteiger partial charge in [0.15, 0.2) is 0 Å². The van der Waals surface area contributed by atoms with Gasteiger partial charge in [-0.2, -0.15) is 5.10 Å². The molecule has 144 valence electrons. The van der Waals surface area contributed by atoms with Crippen molar-refractivity contribution in [2.45, 2.75) is 47.1 Å². The van der Waals surface area contributed by atoms with Gasteiger partial charge in [0.2, 0.25) is 5.91 Å². The van der Waals surface area contributed by atoms with E-state index in [4.69, 9.17) is 0 Å². The molecule has 1 aliphatic rings. The van der Waals surface area contributed by atoms with Crippen LogP contribution in [0.4, 0.5) is 0 Å². The van der Waals surface area contributed by atoms with Crippen LogP contribution < -0.4 is 5.56 Å². The summed E-state index contributed by atoms with van der Waals surface area (Å²) < 4.78 is 1.60. The van der Waals surface area contributed by atoms with Crippen LogP contribution in [0.5, 0.6) is 0 Å². The van der Waals surface area contributed by atoms with Crippen molar-refractivity contribution in [3.8, 4) is 11.3 Å². The summed E-state index contributed by atoms with van der Waals surface area (Å²) >= 11 is 0. The Morgan fingerprint density at radius 2 is 1.78 bits per heavy atom. The predicted molar refractivity (Wildman–Crippen MR) is 107 cm³/mol. The van der Waals surface area contributed by atoms with Gasteiger partial charge in [0.1, 0.15) is 0 Å². The highest BCUT2D eigenvalue weighted by molar-refractivity contribution is 5.81. The molecule has 3 rings (SSSR count). The summed E-state index contributed by atoms with van der Waals surface area (Å²) in [5, 5.41) is 4.65. The van der Waals surface area contributed by atoms with Gasteiger partial charge < -0.3 is 4.90 Å². The van der Waals surface area contributed by atoms with Crippen molar-refractivity contribution in [3.05, 3.63) is 52.3 Å². The Bertz CT molecular complexity index is 857. The number of aromatic nitrogens is 2. The second-order valence-corrected chi connectivity index (χ2v) is 8.55. The minimum atomic E-state index is -0.340. The van der Waals surface area contributed by atoms with Crippen molar-refractivity contribution in [1.29, 1.82) is 0 Å². The summed E-state index contributed by atoms with van der Waals surface area (Å²) in [4.78, 5) is 26.8. The first kappa shape index (κ1) is 19.3. The molecule has 2 heterocycles. The van der Waals surface area contributed by atoms with Crippen molar-refractivity contribution in [1.82, 2.24) is 14.7 Å². The fraction of sp³-hybridized carbons (Fsp3) is 0.500. The summed E-state index contributed by atoms with van der Waals surface area (Å²) in [6.45, 7) is 9.93. The Morgan fingerprint density at radius 1 is 1.15 bits per heavy atom. The maximum absolute atomic E-state index is 12.4. The van der Waals surface area contributed by atoms with E-state index in [1.54, 1.807) is 10.7 Å². The van der Waals surface area contributed by atoms with E-state index in [0.29, 0.717) is 12.5 Å². The number of hydrogen-bond donors (Lipinski definition) is 0. The molecule has 27 heavy (non-hydrogen) atoms. The van der Waals surface area contributed by atoms with Crippen LogP contribution >= 0.6 is 0 Å². The average Bonchev–Trinajstić information content (AvgIpc) is 2.64. The number of nitrogens with zero attached hydrogens (tertiary/aromatic N) is 3. The molecule has 0 radical (unpaired) electrons. The first-order valence-electron chi connectivity index (χ1n) is 9.69. The second kappa shape index (κ2) is 7.67. The number of likely N-dealkylation sites (tertiary alicyclic amines) is 1. The molecule has 5 heteroatoms. The Kier molecular flexibility index (Phi) is 5.49. The van der Waals surface area contributed by atoms with Crippen LogP contribution in [0, 0.1) is 18.3 Å². The zero-order valence-electron chi connectivity index (χ0n) is 16.7. The van der Waals surface area contributed by atoms with Crippen molar-refractivity contribution in [2.24, 2.45) is 11.3 Å². The first-order valence-corrected chi connectivity index (χ1v) is 9.69. The van der Waals surface area contributed by atoms with Gasteiger partial charge in [-0.05, 0) is 31.2 Å². The fourth-order valence-electron chi connectivity index (χ4n) is 3.63. The molecular weight excluding hydrogens is 338 g/mol. The van der Waals surface area contributed by atoms with Gasteiger partial charge in [-0.25, -0.2) is 4.68 Å².